The van der Waals surface area contributed by atoms with E-state index in [2.05, 4.69) is 46.9 Å². The van der Waals surface area contributed by atoms with Gasteiger partial charge in [0.2, 0.25) is 0 Å². The van der Waals surface area contributed by atoms with Crippen molar-refractivity contribution in [3.8, 4) is 11.5 Å². The highest BCUT2D eigenvalue weighted by Crippen LogP contribution is 2.34. The first-order valence-electron chi connectivity index (χ1n) is 4.99. The maximum atomic E-state index is 9.67. The minimum Gasteiger partial charge on any atom is -0.504 e. The lowest BCUT2D eigenvalue weighted by Crippen LogP contribution is -1.83. The van der Waals surface area contributed by atoms with E-state index in [1.54, 1.807) is 31.0 Å². The molecule has 0 saturated heterocycles. The van der Waals surface area contributed by atoms with Gasteiger partial charge in [-0.2, -0.15) is 0 Å². The number of aromatic hydroxyl groups is 1. The molecule has 0 aliphatic rings. The Morgan fingerprint density at radius 3 is 2.29 bits per heavy atom. The van der Waals surface area contributed by atoms with Crippen molar-refractivity contribution >= 4 is 34.4 Å². The number of hydrogen-bond acceptors (Lipinski definition) is 3. The summed E-state index contributed by atoms with van der Waals surface area (Å²) in [5, 5.41) is 9.67. The standard InChI is InChI=1S/C13H11IO2S/c1-16-13-7-6-11(8-12(13)15)17-10-4-2-9(14)3-5-10/h2-8,15H,1H3. The monoisotopic (exact) mass is 358 g/mol. The van der Waals surface area contributed by atoms with E-state index in [1.807, 2.05) is 6.07 Å². The van der Waals surface area contributed by atoms with E-state index in [4.69, 9.17) is 4.74 Å². The van der Waals surface area contributed by atoms with Crippen LogP contribution in [0, 0.1) is 3.57 Å². The zero-order valence-electron chi connectivity index (χ0n) is 9.18. The van der Waals surface area contributed by atoms with E-state index < -0.39 is 0 Å². The van der Waals surface area contributed by atoms with Gasteiger partial charge in [-0.25, -0.2) is 0 Å². The number of benzene rings is 2. The second-order valence-electron chi connectivity index (χ2n) is 3.39. The van der Waals surface area contributed by atoms with Crippen LogP contribution in [0.25, 0.3) is 0 Å². The van der Waals surface area contributed by atoms with E-state index in [1.165, 1.54) is 3.57 Å². The molecule has 0 spiro atoms. The predicted molar refractivity (Wildman–Crippen MR) is 77.9 cm³/mol. The van der Waals surface area contributed by atoms with Crippen LogP contribution < -0.4 is 4.74 Å². The van der Waals surface area contributed by atoms with Crippen molar-refractivity contribution in [3.05, 3.63) is 46.0 Å². The Hall–Kier alpha value is -0.880. The molecule has 88 valence electrons. The number of hydrogen-bond donors (Lipinski definition) is 1. The first kappa shape index (κ1) is 12.6. The molecule has 1 N–H and O–H groups in total. The fourth-order valence-electron chi connectivity index (χ4n) is 1.37. The van der Waals surface area contributed by atoms with E-state index >= 15 is 0 Å². The number of phenols is 1. The third kappa shape index (κ3) is 3.29. The zero-order chi connectivity index (χ0) is 12.3. The molecule has 17 heavy (non-hydrogen) atoms. The fourth-order valence-corrected chi connectivity index (χ4v) is 2.58. The molecule has 0 aliphatic carbocycles. The van der Waals surface area contributed by atoms with Crippen molar-refractivity contribution in [2.45, 2.75) is 9.79 Å². The van der Waals surface area contributed by atoms with Crippen LogP contribution in [-0.4, -0.2) is 12.2 Å². The van der Waals surface area contributed by atoms with Crippen molar-refractivity contribution in [1.82, 2.24) is 0 Å². The highest BCUT2D eigenvalue weighted by molar-refractivity contribution is 14.1. The summed E-state index contributed by atoms with van der Waals surface area (Å²) in [6.45, 7) is 0. The lowest BCUT2D eigenvalue weighted by molar-refractivity contribution is 0.372. The van der Waals surface area contributed by atoms with Crippen LogP contribution in [0.15, 0.2) is 52.3 Å². The van der Waals surface area contributed by atoms with Crippen LogP contribution in [0.1, 0.15) is 0 Å². The maximum absolute atomic E-state index is 9.67. The molecule has 0 aliphatic heterocycles. The molecule has 0 amide bonds. The van der Waals surface area contributed by atoms with Gasteiger partial charge >= 0.3 is 0 Å². The van der Waals surface area contributed by atoms with Crippen molar-refractivity contribution in [1.29, 1.82) is 0 Å². The Balaban J connectivity index is 2.19. The van der Waals surface area contributed by atoms with Gasteiger partial charge < -0.3 is 9.84 Å². The average molecular weight is 358 g/mol. The third-order valence-corrected chi connectivity index (χ3v) is 3.92. The highest BCUT2D eigenvalue weighted by atomic mass is 127. The summed E-state index contributed by atoms with van der Waals surface area (Å²) in [4.78, 5) is 2.14. The SMILES string of the molecule is COc1ccc(Sc2ccc(I)cc2)cc1O. The van der Waals surface area contributed by atoms with E-state index in [9.17, 15) is 5.11 Å². The molecule has 0 unspecified atom stereocenters. The summed E-state index contributed by atoms with van der Waals surface area (Å²) >= 11 is 3.89. The molecule has 0 saturated carbocycles. The van der Waals surface area contributed by atoms with Crippen LogP contribution in [0.5, 0.6) is 11.5 Å². The zero-order valence-corrected chi connectivity index (χ0v) is 12.2. The molecule has 2 aromatic carbocycles. The van der Waals surface area contributed by atoms with Gasteiger partial charge in [-0.1, -0.05) is 11.8 Å². The van der Waals surface area contributed by atoms with Gasteiger partial charge in [-0.15, -0.1) is 0 Å². The Labute approximate surface area is 118 Å². The molecule has 0 fully saturated rings. The molecule has 2 rings (SSSR count). The molecule has 0 heterocycles. The van der Waals surface area contributed by atoms with Gasteiger partial charge in [0.25, 0.3) is 0 Å². The summed E-state index contributed by atoms with van der Waals surface area (Å²) in [6, 6.07) is 13.7. The van der Waals surface area contributed by atoms with Crippen molar-refractivity contribution in [3.63, 3.8) is 0 Å². The fraction of sp³-hybridized carbons (Fsp3) is 0.0769. The van der Waals surface area contributed by atoms with Gasteiger partial charge in [0.15, 0.2) is 11.5 Å². The smallest absolute Gasteiger partial charge is 0.160 e. The van der Waals surface area contributed by atoms with Crippen LogP contribution in [0.3, 0.4) is 0 Å². The lowest BCUT2D eigenvalue weighted by atomic mass is 10.3. The second kappa shape index (κ2) is 5.64. The average Bonchev–Trinajstić information content (AvgIpc) is 2.32. The van der Waals surface area contributed by atoms with Gasteiger partial charge in [-0.05, 0) is 65.1 Å². The van der Waals surface area contributed by atoms with Crippen molar-refractivity contribution < 1.29 is 9.84 Å². The summed E-state index contributed by atoms with van der Waals surface area (Å²) in [7, 11) is 1.54. The molecule has 2 aromatic rings. The lowest BCUT2D eigenvalue weighted by Gasteiger charge is -2.06. The Morgan fingerprint density at radius 1 is 1.06 bits per heavy atom. The number of rotatable bonds is 3. The third-order valence-electron chi connectivity index (χ3n) is 2.20. The summed E-state index contributed by atoms with van der Waals surface area (Å²) in [5.41, 5.74) is 0. The minimum atomic E-state index is 0.169. The van der Waals surface area contributed by atoms with E-state index in [0.29, 0.717) is 5.75 Å². The van der Waals surface area contributed by atoms with Gasteiger partial charge in [-0.3, -0.25) is 0 Å². The number of ether oxygens (including phenoxy) is 1. The van der Waals surface area contributed by atoms with Crippen LogP contribution in [-0.2, 0) is 0 Å². The molecule has 2 nitrogen and oxygen atoms in total. The van der Waals surface area contributed by atoms with E-state index in [-0.39, 0.29) is 5.75 Å². The van der Waals surface area contributed by atoms with Gasteiger partial charge in [0.05, 0.1) is 7.11 Å². The van der Waals surface area contributed by atoms with E-state index in [0.717, 1.165) is 9.79 Å². The second-order valence-corrected chi connectivity index (χ2v) is 5.78. The normalized spacial score (nSPS) is 10.2. The molecule has 0 aromatic heterocycles. The predicted octanol–water partition coefficient (Wildman–Crippen LogP) is 4.16. The number of halogens is 1. The maximum Gasteiger partial charge on any atom is 0.160 e. The van der Waals surface area contributed by atoms with Gasteiger partial charge in [0, 0.05) is 13.4 Å². The summed E-state index contributed by atoms with van der Waals surface area (Å²) < 4.78 is 6.22. The Bertz CT molecular complexity index is 511. The summed E-state index contributed by atoms with van der Waals surface area (Å²) in [5.74, 6) is 0.667. The number of methoxy groups -OCH3 is 1. The van der Waals surface area contributed by atoms with Crippen LogP contribution in [0.2, 0.25) is 0 Å². The van der Waals surface area contributed by atoms with Gasteiger partial charge in [0.1, 0.15) is 0 Å². The molecular weight excluding hydrogens is 347 g/mol. The first-order valence-corrected chi connectivity index (χ1v) is 6.89. The minimum absolute atomic E-state index is 0.169. The molecule has 0 radical (unpaired) electrons. The molecular formula is C13H11IO2S. The number of phenolic OH excluding ortho intramolecular Hbond substituents is 1. The largest absolute Gasteiger partial charge is 0.504 e. The van der Waals surface area contributed by atoms with Crippen LogP contribution >= 0.6 is 34.4 Å². The van der Waals surface area contributed by atoms with Crippen molar-refractivity contribution in [2.75, 3.05) is 7.11 Å². The first-order chi connectivity index (χ1) is 8.19. The van der Waals surface area contributed by atoms with Crippen molar-refractivity contribution in [2.24, 2.45) is 0 Å². The highest BCUT2D eigenvalue weighted by Gasteiger charge is 2.03. The Kier molecular flexibility index (Phi) is 4.17. The van der Waals surface area contributed by atoms with Crippen LogP contribution in [0.4, 0.5) is 0 Å². The topological polar surface area (TPSA) is 29.5 Å². The molecule has 4 heteroatoms. The Morgan fingerprint density at radius 2 is 1.71 bits per heavy atom. The molecule has 0 atom stereocenters. The summed E-state index contributed by atoms with van der Waals surface area (Å²) in [6.07, 6.45) is 0. The quantitative estimate of drug-likeness (QED) is 0.836. The molecule has 0 bridgehead atoms.